The van der Waals surface area contributed by atoms with Crippen LogP contribution in [0.2, 0.25) is 0 Å². The van der Waals surface area contributed by atoms with Gasteiger partial charge in [0.15, 0.2) is 0 Å². The van der Waals surface area contributed by atoms with E-state index in [4.69, 9.17) is 4.74 Å². The second kappa shape index (κ2) is 31.0. The van der Waals surface area contributed by atoms with Gasteiger partial charge in [-0.1, -0.05) is 173 Å². The van der Waals surface area contributed by atoms with Crippen LogP contribution >= 0.6 is 0 Å². The van der Waals surface area contributed by atoms with E-state index in [2.05, 4.69) is 19.9 Å². The van der Waals surface area contributed by atoms with Gasteiger partial charge in [-0.25, -0.2) is 4.79 Å². The van der Waals surface area contributed by atoms with Gasteiger partial charge in [0.05, 0.1) is 6.61 Å². The highest BCUT2D eigenvalue weighted by Gasteiger charge is 1.97. The number of ether oxygens (including phenoxy) is 1. The highest BCUT2D eigenvalue weighted by molar-refractivity contribution is 5.82. The molecule has 0 saturated carbocycles. The third kappa shape index (κ3) is 30.9. The minimum absolute atomic E-state index is 0.206. The maximum Gasteiger partial charge on any atom is 0.330 e. The quantitative estimate of drug-likeness (QED) is 0.0471. The van der Waals surface area contributed by atoms with Gasteiger partial charge in [-0.05, 0) is 19.3 Å². The molecule has 0 heterocycles. The Kier molecular flexibility index (Phi) is 30.1. The molecule has 2 nitrogen and oxygen atoms in total. The lowest BCUT2D eigenvalue weighted by Crippen LogP contribution is -2.02. The van der Waals surface area contributed by atoms with Crippen molar-refractivity contribution in [3.8, 4) is 0 Å². The lowest BCUT2D eigenvalue weighted by molar-refractivity contribution is -0.137. The van der Waals surface area contributed by atoms with Gasteiger partial charge in [0.1, 0.15) is 0 Å². The van der Waals surface area contributed by atoms with Crippen molar-refractivity contribution in [2.75, 3.05) is 6.61 Å². The Labute approximate surface area is 220 Å². The van der Waals surface area contributed by atoms with Crippen LogP contribution in [0.3, 0.4) is 0 Å². The fourth-order valence-electron chi connectivity index (χ4n) is 4.58. The van der Waals surface area contributed by atoms with E-state index in [-0.39, 0.29) is 5.97 Å². The number of allylic oxidation sites excluding steroid dienone is 3. The van der Waals surface area contributed by atoms with Crippen molar-refractivity contribution < 1.29 is 9.53 Å². The van der Waals surface area contributed by atoms with Crippen LogP contribution in [0.15, 0.2) is 24.3 Å². The highest BCUT2D eigenvalue weighted by atomic mass is 16.5. The molecule has 0 aromatic heterocycles. The molecule has 0 atom stereocenters. The molecular weight excluding hydrogens is 428 g/mol. The highest BCUT2D eigenvalue weighted by Crippen LogP contribution is 2.13. The fraction of sp³-hybridized carbons (Fsp3) is 0.848. The maximum absolute atomic E-state index is 11.7. The van der Waals surface area contributed by atoms with Crippen LogP contribution in [0.5, 0.6) is 0 Å². The van der Waals surface area contributed by atoms with Crippen molar-refractivity contribution in [2.45, 2.75) is 174 Å². The number of hydrogen-bond acceptors (Lipinski definition) is 2. The van der Waals surface area contributed by atoms with E-state index in [1.54, 1.807) is 6.08 Å². The number of carbonyl (C=O) groups excluding carboxylic acids is 1. The average Bonchev–Trinajstić information content (AvgIpc) is 2.86. The summed E-state index contributed by atoms with van der Waals surface area (Å²) in [7, 11) is 0. The van der Waals surface area contributed by atoms with Crippen LogP contribution in [-0.4, -0.2) is 12.6 Å². The molecule has 0 bridgehead atoms. The summed E-state index contributed by atoms with van der Waals surface area (Å²) in [4.78, 5) is 11.7. The zero-order valence-electron chi connectivity index (χ0n) is 24.0. The first-order valence-electron chi connectivity index (χ1n) is 15.8. The molecule has 0 rings (SSSR count). The Morgan fingerprint density at radius 1 is 0.486 bits per heavy atom. The first-order valence-corrected chi connectivity index (χ1v) is 15.8. The van der Waals surface area contributed by atoms with E-state index < -0.39 is 0 Å². The summed E-state index contributed by atoms with van der Waals surface area (Å²) in [5, 5.41) is 0. The van der Waals surface area contributed by atoms with Crippen LogP contribution in [0.1, 0.15) is 174 Å². The molecule has 0 aliphatic heterocycles. The van der Waals surface area contributed by atoms with Gasteiger partial charge in [-0.2, -0.15) is 0 Å². The predicted molar refractivity (Wildman–Crippen MR) is 156 cm³/mol. The summed E-state index contributed by atoms with van der Waals surface area (Å²) < 4.78 is 5.29. The Bertz CT molecular complexity index is 466. The van der Waals surface area contributed by atoms with E-state index >= 15 is 0 Å². The van der Waals surface area contributed by atoms with E-state index in [1.807, 2.05) is 12.2 Å². The molecule has 0 radical (unpaired) electrons. The van der Waals surface area contributed by atoms with Gasteiger partial charge in [-0.15, -0.1) is 0 Å². The SMILES string of the molecule is CCCCCCCCCCCCCCCC=CC=CC(=O)OCCCCCCCCCCCCC. The molecule has 0 aromatic rings. The van der Waals surface area contributed by atoms with E-state index in [0.717, 1.165) is 12.8 Å². The van der Waals surface area contributed by atoms with Crippen molar-refractivity contribution in [1.82, 2.24) is 0 Å². The summed E-state index contributed by atoms with van der Waals surface area (Å²) in [6.07, 6.45) is 41.2. The second-order valence-electron chi connectivity index (χ2n) is 10.5. The van der Waals surface area contributed by atoms with Crippen LogP contribution in [0.25, 0.3) is 0 Å². The molecule has 206 valence electrons. The second-order valence-corrected chi connectivity index (χ2v) is 10.5. The summed E-state index contributed by atoms with van der Waals surface area (Å²) in [6.45, 7) is 5.11. The van der Waals surface area contributed by atoms with Gasteiger partial charge in [0.2, 0.25) is 0 Å². The topological polar surface area (TPSA) is 26.3 Å². The number of rotatable bonds is 28. The molecule has 2 heteroatoms. The summed E-state index contributed by atoms with van der Waals surface area (Å²) in [5.74, 6) is -0.206. The molecule has 0 fully saturated rings. The Morgan fingerprint density at radius 2 is 0.857 bits per heavy atom. The van der Waals surface area contributed by atoms with Crippen molar-refractivity contribution >= 4 is 5.97 Å². The first-order chi connectivity index (χ1) is 17.3. The smallest absolute Gasteiger partial charge is 0.330 e. The fourth-order valence-corrected chi connectivity index (χ4v) is 4.58. The van der Waals surface area contributed by atoms with Crippen LogP contribution < -0.4 is 0 Å². The molecule has 0 aliphatic carbocycles. The monoisotopic (exact) mass is 490 g/mol. The minimum Gasteiger partial charge on any atom is -0.463 e. The first kappa shape index (κ1) is 34.0. The number of esters is 1. The van der Waals surface area contributed by atoms with Gasteiger partial charge >= 0.3 is 5.97 Å². The molecule has 0 N–H and O–H groups in total. The van der Waals surface area contributed by atoms with Crippen LogP contribution in [-0.2, 0) is 9.53 Å². The molecular formula is C33H62O2. The maximum atomic E-state index is 11.7. The van der Waals surface area contributed by atoms with Gasteiger partial charge in [0.25, 0.3) is 0 Å². The van der Waals surface area contributed by atoms with E-state index in [1.165, 1.54) is 148 Å². The lowest BCUT2D eigenvalue weighted by Gasteiger charge is -2.03. The van der Waals surface area contributed by atoms with Crippen molar-refractivity contribution in [2.24, 2.45) is 0 Å². The van der Waals surface area contributed by atoms with Gasteiger partial charge < -0.3 is 4.74 Å². The largest absolute Gasteiger partial charge is 0.463 e. The Morgan fingerprint density at radius 3 is 1.29 bits per heavy atom. The Hall–Kier alpha value is -1.05. The summed E-state index contributed by atoms with van der Waals surface area (Å²) >= 11 is 0. The van der Waals surface area contributed by atoms with Crippen LogP contribution in [0, 0.1) is 0 Å². The molecule has 0 unspecified atom stereocenters. The molecule has 0 spiro atoms. The lowest BCUT2D eigenvalue weighted by atomic mass is 10.0. The number of hydrogen-bond donors (Lipinski definition) is 0. The average molecular weight is 491 g/mol. The number of carbonyl (C=O) groups is 1. The minimum atomic E-state index is -0.206. The summed E-state index contributed by atoms with van der Waals surface area (Å²) in [5.41, 5.74) is 0. The molecule has 0 saturated heterocycles. The number of unbranched alkanes of at least 4 members (excludes halogenated alkanes) is 23. The third-order valence-corrected chi connectivity index (χ3v) is 6.95. The normalized spacial score (nSPS) is 11.7. The molecule has 0 aliphatic rings. The molecule has 0 amide bonds. The third-order valence-electron chi connectivity index (χ3n) is 6.95. The van der Waals surface area contributed by atoms with E-state index in [0.29, 0.717) is 6.61 Å². The van der Waals surface area contributed by atoms with Crippen molar-refractivity contribution in [3.63, 3.8) is 0 Å². The zero-order chi connectivity index (χ0) is 25.5. The van der Waals surface area contributed by atoms with Crippen LogP contribution in [0.4, 0.5) is 0 Å². The Balaban J connectivity index is 3.29. The van der Waals surface area contributed by atoms with E-state index in [9.17, 15) is 4.79 Å². The molecule has 0 aromatic carbocycles. The standard InChI is InChI=1S/C33H62O2/c1-3-5-7-9-11-13-15-16-17-18-19-20-21-23-25-27-29-31-33(34)35-32-30-28-26-24-22-14-12-10-8-6-4-2/h25,27,29,31H,3-24,26,28,30,32H2,1-2H3. The van der Waals surface area contributed by atoms with Crippen molar-refractivity contribution in [3.05, 3.63) is 24.3 Å². The van der Waals surface area contributed by atoms with Gasteiger partial charge in [0, 0.05) is 6.08 Å². The zero-order valence-corrected chi connectivity index (χ0v) is 24.0. The predicted octanol–water partition coefficient (Wildman–Crippen LogP) is 11.4. The van der Waals surface area contributed by atoms with Crippen molar-refractivity contribution in [1.29, 1.82) is 0 Å². The molecule has 35 heavy (non-hydrogen) atoms. The summed E-state index contributed by atoms with van der Waals surface area (Å²) in [6, 6.07) is 0. The van der Waals surface area contributed by atoms with Gasteiger partial charge in [-0.3, -0.25) is 0 Å².